The van der Waals surface area contributed by atoms with Gasteiger partial charge in [0.25, 0.3) is 0 Å². The minimum atomic E-state index is -0.847. The minimum absolute atomic E-state index is 0.409. The van der Waals surface area contributed by atoms with E-state index in [1.807, 2.05) is 6.92 Å². The highest BCUT2D eigenvalue weighted by atomic mass is 32.1. The van der Waals surface area contributed by atoms with Crippen LogP contribution < -0.4 is 4.90 Å². The maximum absolute atomic E-state index is 11.2. The van der Waals surface area contributed by atoms with E-state index in [0.717, 1.165) is 35.8 Å². The van der Waals surface area contributed by atoms with Gasteiger partial charge in [0.15, 0.2) is 5.13 Å². The number of carboxylic acids is 1. The Bertz CT molecular complexity index is 470. The first-order valence-corrected chi connectivity index (χ1v) is 8.32. The molecule has 1 aromatic rings. The monoisotopic (exact) mass is 296 g/mol. The summed E-state index contributed by atoms with van der Waals surface area (Å²) in [6.45, 7) is 8.54. The third-order valence-electron chi connectivity index (χ3n) is 4.20. The molecule has 20 heavy (non-hydrogen) atoms. The van der Waals surface area contributed by atoms with Crippen molar-refractivity contribution < 1.29 is 9.90 Å². The molecule has 0 radical (unpaired) electrons. The summed E-state index contributed by atoms with van der Waals surface area (Å²) < 4.78 is 0. The quantitative estimate of drug-likeness (QED) is 0.921. The number of carbonyl (C=O) groups is 1. The molecule has 0 amide bonds. The van der Waals surface area contributed by atoms with Crippen LogP contribution in [0.3, 0.4) is 0 Å². The van der Waals surface area contributed by atoms with E-state index in [-0.39, 0.29) is 0 Å². The molecule has 0 aromatic carbocycles. The molecule has 2 rings (SSSR count). The van der Waals surface area contributed by atoms with Crippen LogP contribution in [0.15, 0.2) is 0 Å². The van der Waals surface area contributed by atoms with Gasteiger partial charge in [0.05, 0.1) is 5.69 Å². The molecule has 1 aromatic heterocycles. The van der Waals surface area contributed by atoms with Gasteiger partial charge < -0.3 is 10.0 Å². The summed E-state index contributed by atoms with van der Waals surface area (Å²) in [6.07, 6.45) is 4.31. The third kappa shape index (κ3) is 3.32. The van der Waals surface area contributed by atoms with Crippen molar-refractivity contribution in [2.75, 3.05) is 18.0 Å². The largest absolute Gasteiger partial charge is 0.477 e. The van der Waals surface area contributed by atoms with E-state index < -0.39 is 5.97 Å². The van der Waals surface area contributed by atoms with Crippen LogP contribution in [0.4, 0.5) is 5.13 Å². The Kier molecular flexibility index (Phi) is 5.02. The molecule has 0 saturated carbocycles. The fourth-order valence-corrected chi connectivity index (χ4v) is 3.91. The van der Waals surface area contributed by atoms with E-state index in [1.54, 1.807) is 0 Å². The Morgan fingerprint density at radius 2 is 2.20 bits per heavy atom. The van der Waals surface area contributed by atoms with Gasteiger partial charge in [-0.15, -0.1) is 0 Å². The molecule has 0 bridgehead atoms. The van der Waals surface area contributed by atoms with E-state index >= 15 is 0 Å². The van der Waals surface area contributed by atoms with Crippen LogP contribution >= 0.6 is 11.3 Å². The first-order valence-electron chi connectivity index (χ1n) is 7.50. The highest BCUT2D eigenvalue weighted by Crippen LogP contribution is 2.31. The molecule has 1 atom stereocenters. The number of aryl methyl sites for hydroxylation is 1. The van der Waals surface area contributed by atoms with Gasteiger partial charge in [-0.25, -0.2) is 9.78 Å². The van der Waals surface area contributed by atoms with E-state index in [4.69, 9.17) is 0 Å². The van der Waals surface area contributed by atoms with Crippen LogP contribution in [0.2, 0.25) is 0 Å². The van der Waals surface area contributed by atoms with Crippen molar-refractivity contribution in [1.29, 1.82) is 0 Å². The second kappa shape index (κ2) is 6.57. The fraction of sp³-hybridized carbons (Fsp3) is 0.733. The number of thiazole rings is 1. The second-order valence-corrected chi connectivity index (χ2v) is 6.83. The maximum Gasteiger partial charge on any atom is 0.347 e. The van der Waals surface area contributed by atoms with Crippen LogP contribution in [0.5, 0.6) is 0 Å². The van der Waals surface area contributed by atoms with Crippen molar-refractivity contribution in [3.63, 3.8) is 0 Å². The van der Waals surface area contributed by atoms with Crippen LogP contribution in [0.25, 0.3) is 0 Å². The SMILES string of the molecule is CCc1nc(N2CCCC(C(C)C)CC2)sc1C(=O)O. The highest BCUT2D eigenvalue weighted by Gasteiger charge is 2.23. The number of hydrogen-bond donors (Lipinski definition) is 1. The molecule has 1 aliphatic rings. The summed E-state index contributed by atoms with van der Waals surface area (Å²) in [5.74, 6) is 0.664. The number of carboxylic acid groups (broad SMARTS) is 1. The molecule has 0 spiro atoms. The number of hydrogen-bond acceptors (Lipinski definition) is 4. The standard InChI is InChI=1S/C15H24N2O2S/c1-4-12-13(14(18)19)20-15(16-12)17-8-5-6-11(7-9-17)10(2)3/h10-11H,4-9H2,1-3H3,(H,18,19). The zero-order chi connectivity index (χ0) is 14.7. The minimum Gasteiger partial charge on any atom is -0.477 e. The summed E-state index contributed by atoms with van der Waals surface area (Å²) >= 11 is 1.33. The van der Waals surface area contributed by atoms with E-state index in [2.05, 4.69) is 23.7 Å². The van der Waals surface area contributed by atoms with Crippen LogP contribution in [-0.4, -0.2) is 29.1 Å². The van der Waals surface area contributed by atoms with Crippen LogP contribution in [-0.2, 0) is 6.42 Å². The van der Waals surface area contributed by atoms with Gasteiger partial charge in [0.2, 0.25) is 0 Å². The molecular weight excluding hydrogens is 272 g/mol. The van der Waals surface area contributed by atoms with Crippen molar-refractivity contribution >= 4 is 22.4 Å². The average molecular weight is 296 g/mol. The number of aromatic carboxylic acids is 1. The fourth-order valence-electron chi connectivity index (χ4n) is 2.86. The van der Waals surface area contributed by atoms with Crippen LogP contribution in [0.1, 0.15) is 55.4 Å². The zero-order valence-electron chi connectivity index (χ0n) is 12.6. The lowest BCUT2D eigenvalue weighted by Gasteiger charge is -2.20. The van der Waals surface area contributed by atoms with E-state index in [0.29, 0.717) is 11.3 Å². The van der Waals surface area contributed by atoms with Gasteiger partial charge in [-0.2, -0.15) is 0 Å². The predicted molar refractivity (Wildman–Crippen MR) is 82.8 cm³/mol. The Balaban J connectivity index is 2.13. The third-order valence-corrected chi connectivity index (χ3v) is 5.35. The van der Waals surface area contributed by atoms with Crippen LogP contribution in [0, 0.1) is 11.8 Å². The van der Waals surface area contributed by atoms with Crippen molar-refractivity contribution in [2.24, 2.45) is 11.8 Å². The lowest BCUT2D eigenvalue weighted by molar-refractivity contribution is 0.0701. The van der Waals surface area contributed by atoms with Crippen molar-refractivity contribution in [3.8, 4) is 0 Å². The van der Waals surface area contributed by atoms with Gasteiger partial charge in [0, 0.05) is 13.1 Å². The Morgan fingerprint density at radius 1 is 1.45 bits per heavy atom. The summed E-state index contributed by atoms with van der Waals surface area (Å²) in [4.78, 5) is 18.5. The summed E-state index contributed by atoms with van der Waals surface area (Å²) in [5, 5.41) is 10.1. The summed E-state index contributed by atoms with van der Waals surface area (Å²) in [6, 6.07) is 0. The average Bonchev–Trinajstić information content (AvgIpc) is 2.68. The lowest BCUT2D eigenvalue weighted by atomic mass is 9.89. The van der Waals surface area contributed by atoms with Crippen molar-refractivity contribution in [2.45, 2.75) is 46.5 Å². The molecule has 0 aliphatic carbocycles. The number of nitrogens with zero attached hydrogens (tertiary/aromatic N) is 2. The van der Waals surface area contributed by atoms with E-state index in [9.17, 15) is 9.90 Å². The number of aromatic nitrogens is 1. The predicted octanol–water partition coefficient (Wildman–Crippen LogP) is 3.67. The Hall–Kier alpha value is -1.10. The summed E-state index contributed by atoms with van der Waals surface area (Å²) in [5.41, 5.74) is 0.724. The molecule has 1 saturated heterocycles. The van der Waals surface area contributed by atoms with Gasteiger partial charge in [-0.05, 0) is 37.5 Å². The van der Waals surface area contributed by atoms with Gasteiger partial charge >= 0.3 is 5.97 Å². The molecule has 4 nitrogen and oxygen atoms in total. The Labute approximate surface area is 124 Å². The van der Waals surface area contributed by atoms with Gasteiger partial charge in [0.1, 0.15) is 4.88 Å². The normalized spacial score (nSPS) is 20.2. The maximum atomic E-state index is 11.2. The van der Waals surface area contributed by atoms with E-state index in [1.165, 1.54) is 30.6 Å². The highest BCUT2D eigenvalue weighted by molar-refractivity contribution is 7.17. The molecule has 2 heterocycles. The topological polar surface area (TPSA) is 53.4 Å². The Morgan fingerprint density at radius 3 is 2.75 bits per heavy atom. The molecule has 112 valence electrons. The first-order chi connectivity index (χ1) is 9.52. The zero-order valence-corrected chi connectivity index (χ0v) is 13.4. The van der Waals surface area contributed by atoms with Crippen molar-refractivity contribution in [1.82, 2.24) is 4.98 Å². The second-order valence-electron chi connectivity index (χ2n) is 5.85. The molecular formula is C15H24N2O2S. The van der Waals surface area contributed by atoms with Crippen molar-refractivity contribution in [3.05, 3.63) is 10.6 Å². The van der Waals surface area contributed by atoms with Gasteiger partial charge in [-0.1, -0.05) is 32.1 Å². The molecule has 1 N–H and O–H groups in total. The first kappa shape index (κ1) is 15.3. The number of anilines is 1. The molecule has 1 unspecified atom stereocenters. The molecule has 1 aliphatic heterocycles. The number of rotatable bonds is 4. The lowest BCUT2D eigenvalue weighted by Crippen LogP contribution is -2.24. The molecule has 5 heteroatoms. The smallest absolute Gasteiger partial charge is 0.347 e. The van der Waals surface area contributed by atoms with Gasteiger partial charge in [-0.3, -0.25) is 0 Å². The molecule has 1 fully saturated rings. The summed E-state index contributed by atoms with van der Waals surface area (Å²) in [7, 11) is 0.